The number of hydrogen-bond donors (Lipinski definition) is 3. The summed E-state index contributed by atoms with van der Waals surface area (Å²) in [5.74, 6) is 0.0222. The van der Waals surface area contributed by atoms with Crippen LogP contribution in [0.15, 0.2) is 0 Å². The fourth-order valence-corrected chi connectivity index (χ4v) is 2.15. The standard InChI is InChI=1S/C11H20N2O2/c1-2-11(7-14,8-15)13-10-5-3-4-9(10)6-12/h9-10,13-15H,2-5,7-8H2,1H3. The molecule has 3 N–H and O–H groups in total. The first-order valence-electron chi connectivity index (χ1n) is 5.60. The molecule has 0 aromatic rings. The summed E-state index contributed by atoms with van der Waals surface area (Å²) in [4.78, 5) is 0. The third-order valence-electron chi connectivity index (χ3n) is 3.46. The van der Waals surface area contributed by atoms with Gasteiger partial charge in [-0.25, -0.2) is 0 Å². The Hall–Kier alpha value is -0.630. The Kier molecular flexibility index (Phi) is 4.52. The van der Waals surface area contributed by atoms with Gasteiger partial charge in [0, 0.05) is 6.04 Å². The lowest BCUT2D eigenvalue weighted by atomic mass is 9.94. The summed E-state index contributed by atoms with van der Waals surface area (Å²) in [5, 5.41) is 30.8. The van der Waals surface area contributed by atoms with Gasteiger partial charge < -0.3 is 15.5 Å². The van der Waals surface area contributed by atoms with Crippen LogP contribution in [0.5, 0.6) is 0 Å². The molecule has 0 aromatic heterocycles. The second-order valence-corrected chi connectivity index (χ2v) is 4.37. The molecule has 0 radical (unpaired) electrons. The molecule has 1 aliphatic rings. The third kappa shape index (κ3) is 2.69. The molecule has 1 rings (SSSR count). The van der Waals surface area contributed by atoms with Gasteiger partial charge in [-0.2, -0.15) is 5.26 Å². The average molecular weight is 212 g/mol. The van der Waals surface area contributed by atoms with Crippen molar-refractivity contribution < 1.29 is 10.2 Å². The summed E-state index contributed by atoms with van der Waals surface area (Å²) in [5.41, 5.74) is -0.621. The lowest BCUT2D eigenvalue weighted by Gasteiger charge is -2.34. The third-order valence-corrected chi connectivity index (χ3v) is 3.46. The summed E-state index contributed by atoms with van der Waals surface area (Å²) in [6, 6.07) is 2.40. The maximum Gasteiger partial charge on any atom is 0.0672 e. The predicted octanol–water partition coefficient (Wildman–Crippen LogP) is 0.402. The van der Waals surface area contributed by atoms with Crippen molar-refractivity contribution in [1.29, 1.82) is 5.26 Å². The van der Waals surface area contributed by atoms with Crippen LogP contribution >= 0.6 is 0 Å². The molecule has 0 amide bonds. The molecule has 0 saturated heterocycles. The molecule has 4 nitrogen and oxygen atoms in total. The van der Waals surface area contributed by atoms with Crippen LogP contribution in [0.25, 0.3) is 0 Å². The fourth-order valence-electron chi connectivity index (χ4n) is 2.15. The molecule has 1 aliphatic carbocycles. The highest BCUT2D eigenvalue weighted by Crippen LogP contribution is 2.27. The minimum absolute atomic E-state index is 0.0222. The molecular formula is C11H20N2O2. The quantitative estimate of drug-likeness (QED) is 0.616. The second-order valence-electron chi connectivity index (χ2n) is 4.37. The van der Waals surface area contributed by atoms with E-state index in [-0.39, 0.29) is 25.2 Å². The van der Waals surface area contributed by atoms with Crippen molar-refractivity contribution in [2.75, 3.05) is 13.2 Å². The Morgan fingerprint density at radius 3 is 2.53 bits per heavy atom. The van der Waals surface area contributed by atoms with Crippen LogP contribution in [0.3, 0.4) is 0 Å². The van der Waals surface area contributed by atoms with Gasteiger partial charge in [-0.15, -0.1) is 0 Å². The number of hydrogen-bond acceptors (Lipinski definition) is 4. The molecule has 15 heavy (non-hydrogen) atoms. The molecule has 0 aromatic carbocycles. The number of rotatable bonds is 5. The zero-order valence-corrected chi connectivity index (χ0v) is 9.24. The van der Waals surface area contributed by atoms with E-state index in [1.807, 2.05) is 6.92 Å². The minimum atomic E-state index is -0.621. The van der Waals surface area contributed by atoms with Crippen LogP contribution in [0.2, 0.25) is 0 Å². The summed E-state index contributed by atoms with van der Waals surface area (Å²) >= 11 is 0. The summed E-state index contributed by atoms with van der Waals surface area (Å²) in [7, 11) is 0. The Morgan fingerprint density at radius 2 is 2.07 bits per heavy atom. The fraction of sp³-hybridized carbons (Fsp3) is 0.909. The van der Waals surface area contributed by atoms with E-state index in [0.717, 1.165) is 19.3 Å². The second kappa shape index (κ2) is 5.45. The maximum absolute atomic E-state index is 9.29. The normalized spacial score (nSPS) is 26.5. The van der Waals surface area contributed by atoms with Crippen molar-refractivity contribution in [2.45, 2.75) is 44.2 Å². The molecule has 0 bridgehead atoms. The van der Waals surface area contributed by atoms with Crippen LogP contribution in [0.4, 0.5) is 0 Å². The summed E-state index contributed by atoms with van der Waals surface area (Å²) < 4.78 is 0. The highest BCUT2D eigenvalue weighted by atomic mass is 16.3. The molecule has 4 heteroatoms. The van der Waals surface area contributed by atoms with Crippen molar-refractivity contribution >= 4 is 0 Å². The highest BCUT2D eigenvalue weighted by Gasteiger charge is 2.35. The van der Waals surface area contributed by atoms with Gasteiger partial charge in [0.2, 0.25) is 0 Å². The molecule has 0 spiro atoms. The number of aliphatic hydroxyl groups is 2. The zero-order chi connectivity index (χ0) is 11.3. The predicted molar refractivity (Wildman–Crippen MR) is 57.1 cm³/mol. The Bertz CT molecular complexity index is 225. The van der Waals surface area contributed by atoms with Crippen molar-refractivity contribution in [2.24, 2.45) is 5.92 Å². The van der Waals surface area contributed by atoms with Gasteiger partial charge in [0.15, 0.2) is 0 Å². The van der Waals surface area contributed by atoms with Crippen molar-refractivity contribution in [3.63, 3.8) is 0 Å². The van der Waals surface area contributed by atoms with Crippen LogP contribution in [0, 0.1) is 17.2 Å². The number of nitrogens with one attached hydrogen (secondary N) is 1. The first-order valence-corrected chi connectivity index (χ1v) is 5.60. The van der Waals surface area contributed by atoms with Crippen LogP contribution < -0.4 is 5.32 Å². The average Bonchev–Trinajstić information content (AvgIpc) is 2.73. The first-order chi connectivity index (χ1) is 7.21. The van der Waals surface area contributed by atoms with Crippen LogP contribution in [-0.2, 0) is 0 Å². The van der Waals surface area contributed by atoms with Gasteiger partial charge in [-0.1, -0.05) is 13.3 Å². The lowest BCUT2D eigenvalue weighted by molar-refractivity contribution is 0.0752. The maximum atomic E-state index is 9.29. The van der Waals surface area contributed by atoms with Crippen LogP contribution in [-0.4, -0.2) is 35.0 Å². The van der Waals surface area contributed by atoms with Crippen molar-refractivity contribution in [1.82, 2.24) is 5.32 Å². The molecule has 86 valence electrons. The number of nitrogens with zero attached hydrogens (tertiary/aromatic N) is 1. The van der Waals surface area contributed by atoms with E-state index in [4.69, 9.17) is 5.26 Å². The Morgan fingerprint density at radius 1 is 1.40 bits per heavy atom. The first kappa shape index (κ1) is 12.4. The van der Waals surface area contributed by atoms with E-state index in [2.05, 4.69) is 11.4 Å². The molecule has 0 aliphatic heterocycles. The summed E-state index contributed by atoms with van der Waals surface area (Å²) in [6.07, 6.45) is 3.59. The molecule has 1 fully saturated rings. The zero-order valence-electron chi connectivity index (χ0n) is 9.24. The van der Waals surface area contributed by atoms with Gasteiger partial charge in [0.05, 0.1) is 30.7 Å². The number of aliphatic hydroxyl groups excluding tert-OH is 2. The summed E-state index contributed by atoms with van der Waals surface area (Å²) in [6.45, 7) is 1.75. The van der Waals surface area contributed by atoms with E-state index in [0.29, 0.717) is 6.42 Å². The largest absolute Gasteiger partial charge is 0.394 e. The molecule has 2 atom stereocenters. The molecule has 1 saturated carbocycles. The van der Waals surface area contributed by atoms with Gasteiger partial charge >= 0.3 is 0 Å². The SMILES string of the molecule is CCC(CO)(CO)NC1CCCC1C#N. The topological polar surface area (TPSA) is 76.3 Å². The molecule has 2 unspecified atom stereocenters. The van der Waals surface area contributed by atoms with E-state index in [1.54, 1.807) is 0 Å². The highest BCUT2D eigenvalue weighted by molar-refractivity contribution is 5.00. The van der Waals surface area contributed by atoms with Gasteiger partial charge in [-0.05, 0) is 19.3 Å². The lowest BCUT2D eigenvalue weighted by Crippen LogP contribution is -2.56. The van der Waals surface area contributed by atoms with Crippen LogP contribution in [0.1, 0.15) is 32.6 Å². The Balaban J connectivity index is 2.62. The van der Waals surface area contributed by atoms with Gasteiger partial charge in [-0.3, -0.25) is 0 Å². The Labute approximate surface area is 90.9 Å². The van der Waals surface area contributed by atoms with Gasteiger partial charge in [0.25, 0.3) is 0 Å². The van der Waals surface area contributed by atoms with Gasteiger partial charge in [0.1, 0.15) is 0 Å². The smallest absolute Gasteiger partial charge is 0.0672 e. The van der Waals surface area contributed by atoms with Crippen molar-refractivity contribution in [3.05, 3.63) is 0 Å². The molecular weight excluding hydrogens is 192 g/mol. The van der Waals surface area contributed by atoms with E-state index < -0.39 is 5.54 Å². The van der Waals surface area contributed by atoms with E-state index in [9.17, 15) is 10.2 Å². The monoisotopic (exact) mass is 212 g/mol. The minimum Gasteiger partial charge on any atom is -0.394 e. The molecule has 0 heterocycles. The van der Waals surface area contributed by atoms with E-state index >= 15 is 0 Å². The van der Waals surface area contributed by atoms with Crippen molar-refractivity contribution in [3.8, 4) is 6.07 Å². The van der Waals surface area contributed by atoms with E-state index in [1.165, 1.54) is 0 Å². The number of nitriles is 1.